The predicted molar refractivity (Wildman–Crippen MR) is 111 cm³/mol. The molecule has 0 bridgehead atoms. The highest BCUT2D eigenvalue weighted by Gasteiger charge is 2.43. The van der Waals surface area contributed by atoms with Crippen molar-refractivity contribution >= 4 is 23.4 Å². The van der Waals surface area contributed by atoms with Crippen molar-refractivity contribution in [2.24, 2.45) is 10.9 Å². The van der Waals surface area contributed by atoms with E-state index in [2.05, 4.69) is 4.99 Å². The van der Waals surface area contributed by atoms with Crippen molar-refractivity contribution in [2.45, 2.75) is 63.9 Å². The molecule has 0 radical (unpaired) electrons. The van der Waals surface area contributed by atoms with Crippen LogP contribution in [0.25, 0.3) is 0 Å². The Balaban J connectivity index is 1.73. The highest BCUT2D eigenvalue weighted by molar-refractivity contribution is 6.08. The van der Waals surface area contributed by atoms with Crippen LogP contribution in [-0.4, -0.2) is 36.6 Å². The lowest BCUT2D eigenvalue weighted by Crippen LogP contribution is -2.38. The van der Waals surface area contributed by atoms with Gasteiger partial charge in [0.05, 0.1) is 12.7 Å². The molecule has 1 saturated carbocycles. The Kier molecular flexibility index (Phi) is 5.84. The number of esters is 2. The summed E-state index contributed by atoms with van der Waals surface area (Å²) in [4.78, 5) is 42.6. The van der Waals surface area contributed by atoms with Gasteiger partial charge in [0.1, 0.15) is 12.0 Å². The molecular formula is C24H27NO5. The summed E-state index contributed by atoms with van der Waals surface area (Å²) in [6, 6.07) is 6.96. The number of aliphatic imine (C=N–C) groups is 1. The fourth-order valence-corrected chi connectivity index (χ4v) is 4.86. The SMILES string of the molecule is COC(=O)c1ccc([C@H]2C3=C(CCCC3=O)N=C(C)C2C(=O)OC2CCCC2)cc1. The molecule has 30 heavy (non-hydrogen) atoms. The molecule has 0 N–H and O–H groups in total. The van der Waals surface area contributed by atoms with Gasteiger partial charge in [0.2, 0.25) is 0 Å². The molecule has 1 aromatic carbocycles. The van der Waals surface area contributed by atoms with E-state index in [4.69, 9.17) is 9.47 Å². The normalized spacial score (nSPS) is 24.3. The predicted octanol–water partition coefficient (Wildman–Crippen LogP) is 4.14. The van der Waals surface area contributed by atoms with Gasteiger partial charge in [-0.15, -0.1) is 0 Å². The van der Waals surface area contributed by atoms with Crippen LogP contribution >= 0.6 is 0 Å². The van der Waals surface area contributed by atoms with Crippen LogP contribution < -0.4 is 0 Å². The lowest BCUT2D eigenvalue weighted by molar-refractivity contribution is -0.151. The second-order valence-corrected chi connectivity index (χ2v) is 8.30. The fraction of sp³-hybridized carbons (Fsp3) is 0.500. The van der Waals surface area contributed by atoms with Crippen molar-refractivity contribution in [3.05, 3.63) is 46.7 Å². The number of carbonyl (C=O) groups excluding carboxylic acids is 3. The van der Waals surface area contributed by atoms with Crippen molar-refractivity contribution < 1.29 is 23.9 Å². The Morgan fingerprint density at radius 3 is 2.40 bits per heavy atom. The van der Waals surface area contributed by atoms with Crippen LogP contribution in [0.5, 0.6) is 0 Å². The quantitative estimate of drug-likeness (QED) is 0.698. The molecule has 158 valence electrons. The van der Waals surface area contributed by atoms with E-state index in [0.29, 0.717) is 23.3 Å². The highest BCUT2D eigenvalue weighted by atomic mass is 16.5. The van der Waals surface area contributed by atoms with Gasteiger partial charge in [-0.25, -0.2) is 4.79 Å². The fourth-order valence-electron chi connectivity index (χ4n) is 4.86. The summed E-state index contributed by atoms with van der Waals surface area (Å²) in [6.45, 7) is 1.85. The molecule has 6 nitrogen and oxygen atoms in total. The Bertz CT molecular complexity index is 921. The van der Waals surface area contributed by atoms with Crippen molar-refractivity contribution in [3.63, 3.8) is 0 Å². The molecule has 1 unspecified atom stereocenters. The van der Waals surface area contributed by atoms with Gasteiger partial charge < -0.3 is 9.47 Å². The number of ketones is 1. The molecule has 3 aliphatic rings. The van der Waals surface area contributed by atoms with E-state index >= 15 is 0 Å². The van der Waals surface area contributed by atoms with Gasteiger partial charge in [-0.1, -0.05) is 12.1 Å². The van der Waals surface area contributed by atoms with E-state index in [0.717, 1.165) is 49.8 Å². The van der Waals surface area contributed by atoms with Crippen LogP contribution in [0, 0.1) is 5.92 Å². The first-order chi connectivity index (χ1) is 14.5. The summed E-state index contributed by atoms with van der Waals surface area (Å²) >= 11 is 0. The molecule has 1 aromatic rings. The maximum Gasteiger partial charge on any atom is 0.337 e. The summed E-state index contributed by atoms with van der Waals surface area (Å²) in [6.07, 6.45) is 5.85. The van der Waals surface area contributed by atoms with Crippen LogP contribution in [0.1, 0.15) is 73.7 Å². The number of hydrogen-bond donors (Lipinski definition) is 0. The minimum absolute atomic E-state index is 0.0493. The van der Waals surface area contributed by atoms with E-state index in [-0.39, 0.29) is 17.9 Å². The first-order valence-corrected chi connectivity index (χ1v) is 10.7. The maximum absolute atomic E-state index is 13.2. The van der Waals surface area contributed by atoms with Crippen molar-refractivity contribution in [3.8, 4) is 0 Å². The summed E-state index contributed by atoms with van der Waals surface area (Å²) in [5.41, 5.74) is 3.35. The molecule has 1 fully saturated rings. The van der Waals surface area contributed by atoms with Gasteiger partial charge >= 0.3 is 11.9 Å². The number of methoxy groups -OCH3 is 1. The van der Waals surface area contributed by atoms with Gasteiger partial charge in [0.25, 0.3) is 0 Å². The molecule has 2 aliphatic carbocycles. The zero-order chi connectivity index (χ0) is 21.3. The van der Waals surface area contributed by atoms with Gasteiger partial charge in [0, 0.05) is 29.3 Å². The van der Waals surface area contributed by atoms with Gasteiger partial charge in [-0.05, 0) is 63.1 Å². The average Bonchev–Trinajstić information content (AvgIpc) is 3.25. The number of carbonyl (C=O) groups is 3. The smallest absolute Gasteiger partial charge is 0.337 e. The number of allylic oxidation sites excluding steroid dienone is 2. The monoisotopic (exact) mass is 409 g/mol. The molecule has 4 rings (SSSR count). The topological polar surface area (TPSA) is 82.0 Å². The van der Waals surface area contributed by atoms with E-state index in [9.17, 15) is 14.4 Å². The molecule has 1 heterocycles. The van der Waals surface area contributed by atoms with Gasteiger partial charge in [-0.3, -0.25) is 14.6 Å². The molecule has 0 amide bonds. The third-order valence-electron chi connectivity index (χ3n) is 6.36. The van der Waals surface area contributed by atoms with E-state index < -0.39 is 17.8 Å². The molecular weight excluding hydrogens is 382 g/mol. The van der Waals surface area contributed by atoms with Gasteiger partial charge in [0.15, 0.2) is 5.78 Å². The van der Waals surface area contributed by atoms with Crippen molar-refractivity contribution in [1.29, 1.82) is 0 Å². The van der Waals surface area contributed by atoms with Crippen molar-refractivity contribution in [1.82, 2.24) is 0 Å². The number of nitrogens with zero attached hydrogens (tertiary/aromatic N) is 1. The Morgan fingerprint density at radius 1 is 1.03 bits per heavy atom. The zero-order valence-corrected chi connectivity index (χ0v) is 17.5. The van der Waals surface area contributed by atoms with E-state index in [1.54, 1.807) is 24.3 Å². The Labute approximate surface area is 176 Å². The number of Topliss-reactive ketones (excluding diaryl/α,β-unsaturated/α-hetero) is 1. The molecule has 0 aromatic heterocycles. The highest BCUT2D eigenvalue weighted by Crippen LogP contribution is 2.44. The summed E-state index contributed by atoms with van der Waals surface area (Å²) in [7, 11) is 1.34. The summed E-state index contributed by atoms with van der Waals surface area (Å²) in [5, 5.41) is 0. The standard InChI is InChI=1S/C24H27NO5/c1-14-20(24(28)30-17-6-3-4-7-17)21(22-18(25-14)8-5-9-19(22)26)15-10-12-16(13-11-15)23(27)29-2/h10-13,17,20-21H,3-9H2,1-2H3/t20?,21-/m1/s1. The van der Waals surface area contributed by atoms with Crippen LogP contribution in [0.3, 0.4) is 0 Å². The third-order valence-corrected chi connectivity index (χ3v) is 6.36. The van der Waals surface area contributed by atoms with E-state index in [1.165, 1.54) is 7.11 Å². The first kappa shape index (κ1) is 20.5. The molecule has 0 saturated heterocycles. The minimum atomic E-state index is -0.629. The number of ether oxygens (including phenoxy) is 2. The maximum atomic E-state index is 13.2. The first-order valence-electron chi connectivity index (χ1n) is 10.7. The zero-order valence-electron chi connectivity index (χ0n) is 17.5. The van der Waals surface area contributed by atoms with Gasteiger partial charge in [-0.2, -0.15) is 0 Å². The van der Waals surface area contributed by atoms with E-state index in [1.807, 2.05) is 6.92 Å². The van der Waals surface area contributed by atoms with Crippen LogP contribution in [0.15, 0.2) is 40.5 Å². The summed E-state index contributed by atoms with van der Waals surface area (Å²) < 4.78 is 10.6. The summed E-state index contributed by atoms with van der Waals surface area (Å²) in [5.74, 6) is -1.75. The lowest BCUT2D eigenvalue weighted by atomic mass is 9.71. The van der Waals surface area contributed by atoms with Crippen LogP contribution in [0.2, 0.25) is 0 Å². The van der Waals surface area contributed by atoms with Crippen LogP contribution in [-0.2, 0) is 19.1 Å². The Hall–Kier alpha value is -2.76. The van der Waals surface area contributed by atoms with Crippen molar-refractivity contribution in [2.75, 3.05) is 7.11 Å². The third kappa shape index (κ3) is 3.83. The second kappa shape index (κ2) is 8.54. The molecule has 0 spiro atoms. The Morgan fingerprint density at radius 2 is 1.73 bits per heavy atom. The number of hydrogen-bond acceptors (Lipinski definition) is 6. The molecule has 6 heteroatoms. The average molecular weight is 409 g/mol. The largest absolute Gasteiger partial charge is 0.465 e. The molecule has 2 atom stereocenters. The number of rotatable bonds is 4. The molecule has 1 aliphatic heterocycles. The lowest BCUT2D eigenvalue weighted by Gasteiger charge is -2.35. The minimum Gasteiger partial charge on any atom is -0.465 e. The van der Waals surface area contributed by atoms with Crippen LogP contribution in [0.4, 0.5) is 0 Å². The number of benzene rings is 1. The second-order valence-electron chi connectivity index (χ2n) is 8.30.